The van der Waals surface area contributed by atoms with Crippen molar-refractivity contribution in [2.75, 3.05) is 0 Å². The van der Waals surface area contributed by atoms with Gasteiger partial charge in [0.25, 0.3) is 0 Å². The molecule has 1 rings (SSSR count). The van der Waals surface area contributed by atoms with Crippen LogP contribution >= 0.6 is 22.6 Å². The van der Waals surface area contributed by atoms with Gasteiger partial charge in [0.15, 0.2) is 0 Å². The lowest BCUT2D eigenvalue weighted by Gasteiger charge is -2.05. The van der Waals surface area contributed by atoms with Crippen molar-refractivity contribution in [3.63, 3.8) is 0 Å². The second-order valence-corrected chi connectivity index (χ2v) is 3.80. The fraction of sp³-hybridized carbons (Fsp3) is 0.222. The second-order valence-electron chi connectivity index (χ2n) is 2.55. The lowest BCUT2D eigenvalue weighted by Crippen LogP contribution is -2.21. The number of rotatable bonds is 2. The third-order valence-corrected chi connectivity index (χ3v) is 2.09. The maximum Gasteiger partial charge on any atom is 0.340 e. The van der Waals surface area contributed by atoms with Crippen LogP contribution in [0.2, 0.25) is 0 Å². The number of halogens is 1. The smallest absolute Gasteiger partial charge is 0.340 e. The van der Waals surface area contributed by atoms with Gasteiger partial charge < -0.3 is 9.84 Å². The van der Waals surface area contributed by atoms with E-state index in [1.807, 2.05) is 12.1 Å². The van der Waals surface area contributed by atoms with E-state index in [-0.39, 0.29) is 0 Å². The minimum absolute atomic E-state index is 0.450. The van der Waals surface area contributed by atoms with Crippen molar-refractivity contribution in [3.8, 4) is 5.75 Å². The SMILES string of the molecule is C[C@@H](O)C(=O)Oc1ccc(I)cc1. The summed E-state index contributed by atoms with van der Waals surface area (Å²) in [6, 6.07) is 7.01. The molecule has 0 saturated heterocycles. The Morgan fingerprint density at radius 3 is 2.46 bits per heavy atom. The Hall–Kier alpha value is -0.620. The lowest BCUT2D eigenvalue weighted by atomic mass is 10.3. The highest BCUT2D eigenvalue weighted by Crippen LogP contribution is 2.13. The summed E-state index contributed by atoms with van der Waals surface area (Å²) in [6.45, 7) is 1.37. The van der Waals surface area contributed by atoms with Gasteiger partial charge in [-0.15, -0.1) is 0 Å². The van der Waals surface area contributed by atoms with Crippen LogP contribution in [0.4, 0.5) is 0 Å². The minimum Gasteiger partial charge on any atom is -0.425 e. The van der Waals surface area contributed by atoms with E-state index in [1.54, 1.807) is 12.1 Å². The molecule has 0 aromatic heterocycles. The largest absolute Gasteiger partial charge is 0.425 e. The highest BCUT2D eigenvalue weighted by atomic mass is 127. The number of carbonyl (C=O) groups is 1. The van der Waals surface area contributed by atoms with Crippen LogP contribution in [0, 0.1) is 3.57 Å². The number of carbonyl (C=O) groups excluding carboxylic acids is 1. The van der Waals surface area contributed by atoms with Crippen molar-refractivity contribution in [2.24, 2.45) is 0 Å². The lowest BCUT2D eigenvalue weighted by molar-refractivity contribution is -0.142. The van der Waals surface area contributed by atoms with E-state index in [1.165, 1.54) is 6.92 Å². The fourth-order valence-corrected chi connectivity index (χ4v) is 1.06. The number of hydrogen-bond acceptors (Lipinski definition) is 3. The molecule has 0 aliphatic heterocycles. The quantitative estimate of drug-likeness (QED) is 0.511. The average Bonchev–Trinajstić information content (AvgIpc) is 2.08. The molecule has 0 spiro atoms. The molecule has 1 aromatic rings. The van der Waals surface area contributed by atoms with Crippen LogP contribution in [0.15, 0.2) is 24.3 Å². The zero-order chi connectivity index (χ0) is 9.84. The Balaban J connectivity index is 2.65. The first-order valence-corrected chi connectivity index (χ1v) is 4.83. The molecule has 0 amide bonds. The first-order chi connectivity index (χ1) is 6.09. The summed E-state index contributed by atoms with van der Waals surface area (Å²) in [5, 5.41) is 8.86. The van der Waals surface area contributed by atoms with E-state index in [2.05, 4.69) is 22.6 Å². The van der Waals surface area contributed by atoms with Crippen LogP contribution in [0.5, 0.6) is 5.75 Å². The van der Waals surface area contributed by atoms with Gasteiger partial charge in [0.05, 0.1) is 0 Å². The van der Waals surface area contributed by atoms with Gasteiger partial charge in [0, 0.05) is 3.57 Å². The predicted molar refractivity (Wildman–Crippen MR) is 56.5 cm³/mol. The summed E-state index contributed by atoms with van der Waals surface area (Å²) in [4.78, 5) is 10.9. The van der Waals surface area contributed by atoms with E-state index >= 15 is 0 Å². The maximum atomic E-state index is 10.9. The third kappa shape index (κ3) is 3.31. The Bertz CT molecular complexity index is 292. The normalized spacial score (nSPS) is 12.2. The Labute approximate surface area is 89.9 Å². The molecule has 1 aromatic carbocycles. The highest BCUT2D eigenvalue weighted by Gasteiger charge is 2.10. The van der Waals surface area contributed by atoms with Gasteiger partial charge in [-0.1, -0.05) is 0 Å². The van der Waals surface area contributed by atoms with Gasteiger partial charge in [0.1, 0.15) is 11.9 Å². The molecule has 70 valence electrons. The van der Waals surface area contributed by atoms with Crippen LogP contribution in [0.1, 0.15) is 6.92 Å². The molecule has 0 aliphatic carbocycles. The average molecular weight is 292 g/mol. The number of aliphatic hydroxyl groups is 1. The number of hydrogen-bond donors (Lipinski definition) is 1. The summed E-state index contributed by atoms with van der Waals surface area (Å²) < 4.78 is 5.90. The first-order valence-electron chi connectivity index (χ1n) is 3.75. The van der Waals surface area contributed by atoms with Crippen molar-refractivity contribution < 1.29 is 14.6 Å². The van der Waals surface area contributed by atoms with E-state index in [9.17, 15) is 4.79 Å². The van der Waals surface area contributed by atoms with Gasteiger partial charge >= 0.3 is 5.97 Å². The predicted octanol–water partition coefficient (Wildman–Crippen LogP) is 1.58. The summed E-state index contributed by atoms with van der Waals surface area (Å²) >= 11 is 2.15. The zero-order valence-electron chi connectivity index (χ0n) is 7.03. The molecule has 0 bridgehead atoms. The van der Waals surface area contributed by atoms with Gasteiger partial charge in [-0.05, 0) is 53.8 Å². The molecular formula is C9H9IO3. The van der Waals surface area contributed by atoms with Crippen LogP contribution in [0.25, 0.3) is 0 Å². The van der Waals surface area contributed by atoms with Crippen LogP contribution in [-0.2, 0) is 4.79 Å². The Kier molecular flexibility index (Phi) is 3.68. The molecule has 0 unspecified atom stereocenters. The molecule has 13 heavy (non-hydrogen) atoms. The number of ether oxygens (including phenoxy) is 1. The molecule has 0 saturated carbocycles. The van der Waals surface area contributed by atoms with E-state index < -0.39 is 12.1 Å². The van der Waals surface area contributed by atoms with Gasteiger partial charge in [0.2, 0.25) is 0 Å². The topological polar surface area (TPSA) is 46.5 Å². The second kappa shape index (κ2) is 4.57. The van der Waals surface area contributed by atoms with Gasteiger partial charge in [-0.2, -0.15) is 0 Å². The van der Waals surface area contributed by atoms with Crippen LogP contribution < -0.4 is 4.74 Å². The summed E-state index contributed by atoms with van der Waals surface area (Å²) in [5.41, 5.74) is 0. The van der Waals surface area contributed by atoms with Crippen LogP contribution in [0.3, 0.4) is 0 Å². The first kappa shape index (κ1) is 10.5. The van der Waals surface area contributed by atoms with E-state index in [4.69, 9.17) is 9.84 Å². The van der Waals surface area contributed by atoms with Crippen LogP contribution in [-0.4, -0.2) is 17.2 Å². The van der Waals surface area contributed by atoms with Gasteiger partial charge in [-0.3, -0.25) is 0 Å². The summed E-state index contributed by atoms with van der Waals surface area (Å²) in [5.74, 6) is -0.187. The number of esters is 1. The third-order valence-electron chi connectivity index (χ3n) is 1.37. The van der Waals surface area contributed by atoms with E-state index in [0.717, 1.165) is 3.57 Å². The Morgan fingerprint density at radius 1 is 1.46 bits per heavy atom. The Morgan fingerprint density at radius 2 is 2.00 bits per heavy atom. The molecule has 1 N–H and O–H groups in total. The molecular weight excluding hydrogens is 283 g/mol. The molecule has 0 radical (unpaired) electrons. The molecule has 0 aliphatic rings. The van der Waals surface area contributed by atoms with Crippen molar-refractivity contribution in [2.45, 2.75) is 13.0 Å². The maximum absolute atomic E-state index is 10.9. The molecule has 3 nitrogen and oxygen atoms in total. The van der Waals surface area contributed by atoms with Crippen molar-refractivity contribution in [1.29, 1.82) is 0 Å². The highest BCUT2D eigenvalue weighted by molar-refractivity contribution is 14.1. The standard InChI is InChI=1S/C9H9IO3/c1-6(11)9(12)13-8-4-2-7(10)3-5-8/h2-6,11H,1H3/t6-/m1/s1. The summed E-state index contributed by atoms with van der Waals surface area (Å²) in [6.07, 6.45) is -1.08. The van der Waals surface area contributed by atoms with Gasteiger partial charge in [-0.25, -0.2) is 4.79 Å². The number of aliphatic hydroxyl groups excluding tert-OH is 1. The van der Waals surface area contributed by atoms with Crippen molar-refractivity contribution in [3.05, 3.63) is 27.8 Å². The monoisotopic (exact) mass is 292 g/mol. The summed E-state index contributed by atoms with van der Waals surface area (Å²) in [7, 11) is 0. The van der Waals surface area contributed by atoms with Crippen molar-refractivity contribution >= 4 is 28.6 Å². The molecule has 0 fully saturated rings. The van der Waals surface area contributed by atoms with Crippen molar-refractivity contribution in [1.82, 2.24) is 0 Å². The van der Waals surface area contributed by atoms with E-state index in [0.29, 0.717) is 5.75 Å². The number of benzene rings is 1. The molecule has 0 heterocycles. The molecule has 1 atom stereocenters. The minimum atomic E-state index is -1.08. The fourth-order valence-electron chi connectivity index (χ4n) is 0.704. The zero-order valence-corrected chi connectivity index (χ0v) is 9.19. The molecule has 4 heteroatoms.